The Morgan fingerprint density at radius 2 is 2.00 bits per heavy atom. The number of anilines is 1. The van der Waals surface area contributed by atoms with E-state index in [1.54, 1.807) is 0 Å². The number of hydrogen-bond donors (Lipinski definition) is 2. The summed E-state index contributed by atoms with van der Waals surface area (Å²) in [7, 11) is -4.22. The van der Waals surface area contributed by atoms with Gasteiger partial charge in [-0.05, 0) is 48.9 Å². The molecule has 0 aliphatic heterocycles. The molecule has 0 fully saturated rings. The Morgan fingerprint density at radius 3 is 2.64 bits per heavy atom. The van der Waals surface area contributed by atoms with Crippen LogP contribution in [0.5, 0.6) is 0 Å². The number of benzene rings is 2. The van der Waals surface area contributed by atoms with Crippen molar-refractivity contribution in [2.24, 2.45) is 0 Å². The number of halogens is 1. The Hall–Kier alpha value is -2.76. The standard InChI is InChI=1S/C17H15FN2O6S2/c1-10-14(9-17(21)22)15-7-11(18)5-6-16(15)20(10)28(25,26)13-4-2-3-12(8-13)19-27(23)24/h2-8,19H,9H2,1H3,(H,21,22)(H,23,24)/p-1. The number of nitrogens with zero attached hydrogens (tertiary/aromatic N) is 1. The van der Waals surface area contributed by atoms with Crippen LogP contribution in [0.3, 0.4) is 0 Å². The van der Waals surface area contributed by atoms with Crippen molar-refractivity contribution in [3.05, 3.63) is 59.5 Å². The molecule has 0 spiro atoms. The van der Waals surface area contributed by atoms with E-state index in [1.807, 2.05) is 0 Å². The molecule has 2 aromatic carbocycles. The largest absolute Gasteiger partial charge is 0.755 e. The lowest BCUT2D eigenvalue weighted by Crippen LogP contribution is -2.15. The van der Waals surface area contributed by atoms with Crippen LogP contribution in [0, 0.1) is 12.7 Å². The zero-order valence-corrected chi connectivity index (χ0v) is 16.0. The number of carbonyl (C=O) groups is 1. The van der Waals surface area contributed by atoms with Crippen molar-refractivity contribution in [1.29, 1.82) is 0 Å². The van der Waals surface area contributed by atoms with E-state index < -0.39 is 39.5 Å². The maximum atomic E-state index is 13.7. The molecule has 1 heterocycles. The van der Waals surface area contributed by atoms with E-state index in [1.165, 1.54) is 31.2 Å². The summed E-state index contributed by atoms with van der Waals surface area (Å²) >= 11 is -2.64. The fourth-order valence-corrected chi connectivity index (χ4v) is 4.98. The molecule has 0 aliphatic rings. The minimum Gasteiger partial charge on any atom is -0.755 e. The predicted molar refractivity (Wildman–Crippen MR) is 99.5 cm³/mol. The van der Waals surface area contributed by atoms with Gasteiger partial charge in [0.1, 0.15) is 5.82 Å². The molecule has 1 aromatic heterocycles. The van der Waals surface area contributed by atoms with Gasteiger partial charge in [-0.2, -0.15) is 0 Å². The van der Waals surface area contributed by atoms with Gasteiger partial charge in [0.2, 0.25) is 0 Å². The lowest BCUT2D eigenvalue weighted by molar-refractivity contribution is -0.136. The van der Waals surface area contributed by atoms with E-state index in [0.29, 0.717) is 0 Å². The lowest BCUT2D eigenvalue weighted by Gasteiger charge is -2.13. The molecule has 0 bridgehead atoms. The van der Waals surface area contributed by atoms with Crippen molar-refractivity contribution in [2.45, 2.75) is 18.2 Å². The minimum absolute atomic E-state index is 0.0420. The summed E-state index contributed by atoms with van der Waals surface area (Å²) in [5.74, 6) is -1.81. The van der Waals surface area contributed by atoms with Crippen LogP contribution in [-0.2, 0) is 32.5 Å². The normalized spacial score (nSPS) is 12.8. The number of nitrogens with one attached hydrogen (secondary N) is 1. The minimum atomic E-state index is -4.22. The van der Waals surface area contributed by atoms with Gasteiger partial charge in [-0.3, -0.25) is 9.00 Å². The topological polar surface area (TPSA) is 129 Å². The van der Waals surface area contributed by atoms with E-state index in [4.69, 9.17) is 5.11 Å². The zero-order chi connectivity index (χ0) is 20.6. The highest BCUT2D eigenvalue weighted by Gasteiger charge is 2.26. The molecule has 1 atom stereocenters. The molecule has 2 N–H and O–H groups in total. The number of aromatic nitrogens is 1. The molecule has 11 heteroatoms. The predicted octanol–water partition coefficient (Wildman–Crippen LogP) is 2.16. The number of aliphatic carboxylic acids is 1. The van der Waals surface area contributed by atoms with Crippen LogP contribution in [0.25, 0.3) is 10.9 Å². The molecule has 0 saturated carbocycles. The van der Waals surface area contributed by atoms with E-state index in [0.717, 1.165) is 22.2 Å². The Balaban J connectivity index is 2.27. The molecular formula is C17H14FN2O6S2-. The summed E-state index contributed by atoms with van der Waals surface area (Å²) < 4.78 is 64.8. The second-order valence-electron chi connectivity index (χ2n) is 5.93. The van der Waals surface area contributed by atoms with E-state index in [-0.39, 0.29) is 32.7 Å². The van der Waals surface area contributed by atoms with Gasteiger partial charge < -0.3 is 14.4 Å². The Kier molecular flexibility index (Phi) is 5.24. The first-order chi connectivity index (χ1) is 13.1. The molecule has 0 saturated heterocycles. The number of carboxylic acid groups (broad SMARTS) is 1. The average molecular weight is 425 g/mol. The molecule has 1 unspecified atom stereocenters. The second kappa shape index (κ2) is 7.34. The molecule has 148 valence electrons. The van der Waals surface area contributed by atoms with Gasteiger partial charge in [-0.1, -0.05) is 6.07 Å². The molecule has 8 nitrogen and oxygen atoms in total. The molecule has 28 heavy (non-hydrogen) atoms. The van der Waals surface area contributed by atoms with Crippen LogP contribution < -0.4 is 4.72 Å². The van der Waals surface area contributed by atoms with Crippen molar-refractivity contribution in [3.63, 3.8) is 0 Å². The summed E-state index contributed by atoms with van der Waals surface area (Å²) in [6.07, 6.45) is -0.481. The number of rotatable bonds is 6. The van der Waals surface area contributed by atoms with Gasteiger partial charge in [0.25, 0.3) is 10.0 Å². The highest BCUT2D eigenvalue weighted by atomic mass is 32.2. The Morgan fingerprint density at radius 1 is 1.29 bits per heavy atom. The highest BCUT2D eigenvalue weighted by Crippen LogP contribution is 2.31. The first-order valence-electron chi connectivity index (χ1n) is 7.84. The number of fused-ring (bicyclic) bond motifs is 1. The highest BCUT2D eigenvalue weighted by molar-refractivity contribution is 7.90. The van der Waals surface area contributed by atoms with E-state index in [9.17, 15) is 26.4 Å². The second-order valence-corrected chi connectivity index (χ2v) is 8.39. The summed E-state index contributed by atoms with van der Waals surface area (Å²) in [5, 5.41) is 9.33. The van der Waals surface area contributed by atoms with Crippen LogP contribution in [0.15, 0.2) is 47.4 Å². The first-order valence-corrected chi connectivity index (χ1v) is 10.4. The lowest BCUT2D eigenvalue weighted by atomic mass is 10.1. The van der Waals surface area contributed by atoms with Crippen LogP contribution in [0.4, 0.5) is 10.1 Å². The average Bonchev–Trinajstić information content (AvgIpc) is 2.86. The molecule has 0 radical (unpaired) electrons. The summed E-state index contributed by atoms with van der Waals surface area (Å²) in [6.45, 7) is 1.43. The third-order valence-corrected chi connectivity index (χ3v) is 6.35. The van der Waals surface area contributed by atoms with Crippen LogP contribution in [-0.4, -0.2) is 32.2 Å². The molecule has 0 amide bonds. The van der Waals surface area contributed by atoms with E-state index >= 15 is 0 Å². The Bertz CT molecular complexity index is 1220. The van der Waals surface area contributed by atoms with Crippen molar-refractivity contribution in [1.82, 2.24) is 3.97 Å². The summed E-state index contributed by atoms with van der Waals surface area (Å²) in [4.78, 5) is 11.0. The van der Waals surface area contributed by atoms with Gasteiger partial charge in [-0.25, -0.2) is 16.8 Å². The van der Waals surface area contributed by atoms with Gasteiger partial charge in [0, 0.05) is 28.0 Å². The zero-order valence-electron chi connectivity index (χ0n) is 14.4. The van der Waals surface area contributed by atoms with Crippen molar-refractivity contribution < 1.29 is 31.5 Å². The maximum absolute atomic E-state index is 13.7. The smallest absolute Gasteiger partial charge is 0.307 e. The molecular weight excluding hydrogens is 411 g/mol. The van der Waals surface area contributed by atoms with Crippen LogP contribution in [0.2, 0.25) is 0 Å². The van der Waals surface area contributed by atoms with Gasteiger partial charge >= 0.3 is 5.97 Å². The summed E-state index contributed by atoms with van der Waals surface area (Å²) in [5.41, 5.74) is 0.482. The quantitative estimate of drug-likeness (QED) is 0.583. The summed E-state index contributed by atoms with van der Waals surface area (Å²) in [6, 6.07) is 8.58. The van der Waals surface area contributed by atoms with Crippen molar-refractivity contribution >= 4 is 43.8 Å². The van der Waals surface area contributed by atoms with Gasteiger partial charge in [0.15, 0.2) is 0 Å². The fourth-order valence-electron chi connectivity index (χ4n) is 3.03. The monoisotopic (exact) mass is 425 g/mol. The van der Waals surface area contributed by atoms with Crippen molar-refractivity contribution in [2.75, 3.05) is 4.72 Å². The molecule has 3 aromatic rings. The molecule has 3 rings (SSSR count). The number of hydrogen-bond acceptors (Lipinski definition) is 5. The SMILES string of the molecule is Cc1c(CC(=O)O)c2cc(F)ccc2n1S(=O)(=O)c1cccc(NS(=O)[O-])c1. The van der Waals surface area contributed by atoms with Gasteiger partial charge in [-0.15, -0.1) is 0 Å². The third-order valence-electron chi connectivity index (χ3n) is 4.15. The van der Waals surface area contributed by atoms with Crippen LogP contribution in [0.1, 0.15) is 11.3 Å². The van der Waals surface area contributed by atoms with Crippen molar-refractivity contribution in [3.8, 4) is 0 Å². The van der Waals surface area contributed by atoms with Crippen LogP contribution >= 0.6 is 0 Å². The third kappa shape index (κ3) is 3.63. The number of carboxylic acids is 1. The molecule has 0 aliphatic carbocycles. The van der Waals surface area contributed by atoms with E-state index in [2.05, 4.69) is 4.72 Å². The maximum Gasteiger partial charge on any atom is 0.307 e. The van der Waals surface area contributed by atoms with Gasteiger partial charge in [0.05, 0.1) is 16.8 Å². The first kappa shape index (κ1) is 20.0. The Labute approximate surface area is 162 Å². The fraction of sp³-hybridized carbons (Fsp3) is 0.118.